The fourth-order valence-corrected chi connectivity index (χ4v) is 3.47. The molecule has 1 aromatic carbocycles. The van der Waals surface area contributed by atoms with E-state index in [1.54, 1.807) is 11.6 Å². The smallest absolute Gasteiger partial charge is 0.267 e. The minimum Gasteiger partial charge on any atom is -0.382 e. The van der Waals surface area contributed by atoms with E-state index in [4.69, 9.17) is 5.41 Å². The Morgan fingerprint density at radius 2 is 1.80 bits per heavy atom. The summed E-state index contributed by atoms with van der Waals surface area (Å²) in [5.74, 6) is -1.18. The summed E-state index contributed by atoms with van der Waals surface area (Å²) in [5, 5.41) is 11.2. The summed E-state index contributed by atoms with van der Waals surface area (Å²) in [6.45, 7) is 3.75. The maximum atomic E-state index is 14.4. The van der Waals surface area contributed by atoms with E-state index in [9.17, 15) is 17.6 Å². The number of anilines is 1. The van der Waals surface area contributed by atoms with Gasteiger partial charge in [0, 0.05) is 23.0 Å². The molecule has 0 radical (unpaired) electrons. The zero-order valence-corrected chi connectivity index (χ0v) is 15.5. The number of amides is 1. The Morgan fingerprint density at radius 3 is 2.32 bits per heavy atom. The first-order valence-electron chi connectivity index (χ1n) is 8.24. The topological polar surface area (TPSA) is 99.1 Å². The molecule has 0 atom stereocenters. The first kappa shape index (κ1) is 19.4. The molecule has 1 aromatic rings. The summed E-state index contributed by atoms with van der Waals surface area (Å²) in [6, 6.07) is 2.60. The lowest BCUT2D eigenvalue weighted by Gasteiger charge is -2.28. The number of halogens is 1. The second-order valence-corrected chi connectivity index (χ2v) is 8.56. The van der Waals surface area contributed by atoms with Gasteiger partial charge in [0.25, 0.3) is 5.91 Å². The van der Waals surface area contributed by atoms with Crippen LogP contribution in [0.15, 0.2) is 12.1 Å². The van der Waals surface area contributed by atoms with Crippen LogP contribution in [0.1, 0.15) is 55.5 Å². The fraction of sp³-hybridized carbons (Fsp3) is 0.529. The van der Waals surface area contributed by atoms with E-state index in [1.165, 1.54) is 12.1 Å². The first-order valence-corrected chi connectivity index (χ1v) is 10.1. The van der Waals surface area contributed by atoms with Crippen LogP contribution in [0.5, 0.6) is 0 Å². The van der Waals surface area contributed by atoms with Gasteiger partial charge in [-0.15, -0.1) is 0 Å². The van der Waals surface area contributed by atoms with Crippen molar-refractivity contribution in [1.82, 2.24) is 4.72 Å². The number of benzene rings is 1. The molecule has 6 nitrogen and oxygen atoms in total. The van der Waals surface area contributed by atoms with Crippen molar-refractivity contribution >= 4 is 27.3 Å². The molecule has 0 aliphatic heterocycles. The maximum absolute atomic E-state index is 14.4. The van der Waals surface area contributed by atoms with Crippen LogP contribution in [0.4, 0.5) is 10.1 Å². The van der Waals surface area contributed by atoms with Gasteiger partial charge >= 0.3 is 0 Å². The standard InChI is InChI=1S/C17H24FN3O3S/c1-10-4-6-12(7-5-10)20-16-9-15(18)14(8-13(16)11(2)19)17(22)21-25(3,23)24/h8-10,12,19-20H,4-7H2,1-3H3,(H,21,22). The summed E-state index contributed by atoms with van der Waals surface area (Å²) in [7, 11) is -3.79. The lowest BCUT2D eigenvalue weighted by molar-refractivity contribution is 0.0978. The highest BCUT2D eigenvalue weighted by Crippen LogP contribution is 2.29. The van der Waals surface area contributed by atoms with Crippen LogP contribution in [0.2, 0.25) is 0 Å². The second kappa shape index (κ2) is 7.51. The molecular weight excluding hydrogens is 345 g/mol. The van der Waals surface area contributed by atoms with Crippen molar-refractivity contribution in [3.63, 3.8) is 0 Å². The van der Waals surface area contributed by atoms with Crippen LogP contribution < -0.4 is 10.0 Å². The summed E-state index contributed by atoms with van der Waals surface area (Å²) >= 11 is 0. The van der Waals surface area contributed by atoms with Gasteiger partial charge in [-0.2, -0.15) is 0 Å². The molecular formula is C17H24FN3O3S. The number of hydrogen-bond acceptors (Lipinski definition) is 5. The van der Waals surface area contributed by atoms with Gasteiger partial charge in [0.15, 0.2) is 0 Å². The number of nitrogens with one attached hydrogen (secondary N) is 3. The first-order chi connectivity index (χ1) is 11.6. The van der Waals surface area contributed by atoms with Crippen LogP contribution in [0, 0.1) is 17.1 Å². The van der Waals surface area contributed by atoms with Gasteiger partial charge in [0.05, 0.1) is 11.8 Å². The molecule has 0 saturated heterocycles. The van der Waals surface area contributed by atoms with Gasteiger partial charge in [-0.25, -0.2) is 17.5 Å². The largest absolute Gasteiger partial charge is 0.382 e. The van der Waals surface area contributed by atoms with Crippen LogP contribution in [0.3, 0.4) is 0 Å². The van der Waals surface area contributed by atoms with E-state index in [-0.39, 0.29) is 11.8 Å². The normalized spacial score (nSPS) is 20.8. The molecule has 0 spiro atoms. The van der Waals surface area contributed by atoms with Crippen LogP contribution >= 0.6 is 0 Å². The Labute approximate surface area is 147 Å². The lowest BCUT2D eigenvalue weighted by atomic mass is 9.87. The highest BCUT2D eigenvalue weighted by Gasteiger charge is 2.22. The molecule has 0 heterocycles. The summed E-state index contributed by atoms with van der Waals surface area (Å²) in [6.07, 6.45) is 4.94. The SMILES string of the molecule is CC(=N)c1cc(C(=O)NS(C)(=O)=O)c(F)cc1NC1CCC(C)CC1. The third-order valence-corrected chi connectivity index (χ3v) is 4.97. The molecule has 25 heavy (non-hydrogen) atoms. The van der Waals surface area contributed by atoms with E-state index in [1.807, 2.05) is 0 Å². The van der Waals surface area contributed by atoms with Crippen molar-refractivity contribution < 1.29 is 17.6 Å². The number of carbonyl (C=O) groups excluding carboxylic acids is 1. The zero-order valence-electron chi connectivity index (χ0n) is 14.6. The summed E-state index contributed by atoms with van der Waals surface area (Å²) < 4.78 is 38.5. The molecule has 3 N–H and O–H groups in total. The number of rotatable bonds is 5. The van der Waals surface area contributed by atoms with Gasteiger partial charge in [0.1, 0.15) is 5.82 Å². The number of sulfonamides is 1. The van der Waals surface area contributed by atoms with Crippen molar-refractivity contribution in [2.75, 3.05) is 11.6 Å². The fourth-order valence-electron chi connectivity index (χ4n) is 3.02. The predicted octanol–water partition coefficient (Wildman–Crippen LogP) is 2.89. The molecule has 2 rings (SSSR count). The van der Waals surface area contributed by atoms with Crippen molar-refractivity contribution in [2.24, 2.45) is 5.92 Å². The highest BCUT2D eigenvalue weighted by atomic mass is 32.2. The molecule has 1 saturated carbocycles. The average Bonchev–Trinajstić information content (AvgIpc) is 2.47. The van der Waals surface area contributed by atoms with Gasteiger partial charge < -0.3 is 10.7 Å². The quantitative estimate of drug-likeness (QED) is 0.695. The highest BCUT2D eigenvalue weighted by molar-refractivity contribution is 7.89. The third-order valence-electron chi connectivity index (χ3n) is 4.41. The van der Waals surface area contributed by atoms with Gasteiger partial charge in [-0.05, 0) is 50.7 Å². The molecule has 1 aliphatic rings. The van der Waals surface area contributed by atoms with Crippen molar-refractivity contribution in [2.45, 2.75) is 45.6 Å². The van der Waals surface area contributed by atoms with Crippen molar-refractivity contribution in [3.05, 3.63) is 29.1 Å². The monoisotopic (exact) mass is 369 g/mol. The molecule has 138 valence electrons. The second-order valence-electron chi connectivity index (χ2n) is 6.81. The molecule has 0 unspecified atom stereocenters. The Bertz CT molecular complexity index is 785. The van der Waals surface area contributed by atoms with E-state index >= 15 is 0 Å². The van der Waals surface area contributed by atoms with Gasteiger partial charge in [0.2, 0.25) is 10.0 Å². The Morgan fingerprint density at radius 1 is 1.20 bits per heavy atom. The molecule has 1 fully saturated rings. The Balaban J connectivity index is 2.31. The van der Waals surface area contributed by atoms with Gasteiger partial charge in [-0.3, -0.25) is 4.79 Å². The molecule has 1 aliphatic carbocycles. The van der Waals surface area contributed by atoms with E-state index in [0.717, 1.165) is 31.9 Å². The Kier molecular flexibility index (Phi) is 5.82. The molecule has 0 aromatic heterocycles. The van der Waals surface area contributed by atoms with Crippen LogP contribution in [-0.4, -0.2) is 32.3 Å². The van der Waals surface area contributed by atoms with Crippen LogP contribution in [-0.2, 0) is 10.0 Å². The Hall–Kier alpha value is -1.96. The molecule has 0 bridgehead atoms. The summed E-state index contributed by atoms with van der Waals surface area (Å²) in [4.78, 5) is 12.0. The van der Waals surface area contributed by atoms with Crippen molar-refractivity contribution in [3.8, 4) is 0 Å². The van der Waals surface area contributed by atoms with Gasteiger partial charge in [-0.1, -0.05) is 6.92 Å². The average molecular weight is 369 g/mol. The van der Waals surface area contributed by atoms with E-state index in [2.05, 4.69) is 12.2 Å². The number of hydrogen-bond donors (Lipinski definition) is 3. The minimum atomic E-state index is -3.79. The summed E-state index contributed by atoms with van der Waals surface area (Å²) in [5.41, 5.74) is 0.619. The third kappa shape index (κ3) is 5.26. The van der Waals surface area contributed by atoms with E-state index in [0.29, 0.717) is 17.2 Å². The molecule has 1 amide bonds. The van der Waals surface area contributed by atoms with Crippen LogP contribution in [0.25, 0.3) is 0 Å². The lowest BCUT2D eigenvalue weighted by Crippen LogP contribution is -2.30. The molecule has 8 heteroatoms. The minimum absolute atomic E-state index is 0.167. The zero-order chi connectivity index (χ0) is 18.8. The van der Waals surface area contributed by atoms with Crippen molar-refractivity contribution in [1.29, 1.82) is 5.41 Å². The predicted molar refractivity (Wildman–Crippen MR) is 96.3 cm³/mol. The van der Waals surface area contributed by atoms with E-state index < -0.39 is 27.3 Å². The maximum Gasteiger partial charge on any atom is 0.267 e. The number of carbonyl (C=O) groups is 1.